The zero-order chi connectivity index (χ0) is 30.8. The molecule has 1 saturated heterocycles. The summed E-state index contributed by atoms with van der Waals surface area (Å²) in [6.45, 7) is 8.26. The van der Waals surface area contributed by atoms with Gasteiger partial charge in [-0.15, -0.1) is 6.58 Å². The zero-order valence-corrected chi connectivity index (χ0v) is 25.2. The fourth-order valence-corrected chi connectivity index (χ4v) is 6.83. The van der Waals surface area contributed by atoms with Crippen molar-refractivity contribution in [2.45, 2.75) is 64.1 Å². The maximum Gasteiger partial charge on any atom is 0.278 e. The van der Waals surface area contributed by atoms with Crippen LogP contribution < -0.4 is 15.8 Å². The highest BCUT2D eigenvalue weighted by atomic mass is 16.3. The highest BCUT2D eigenvalue weighted by Crippen LogP contribution is 2.60. The number of rotatable bonds is 7. The number of allylic oxidation sites excluding steroid dienone is 1. The Morgan fingerprint density at radius 3 is 2.67 bits per heavy atom. The van der Waals surface area contributed by atoms with Crippen LogP contribution in [0.25, 0.3) is 16.9 Å². The molecule has 10 heteroatoms. The summed E-state index contributed by atoms with van der Waals surface area (Å²) in [5.41, 5.74) is 4.20. The maximum absolute atomic E-state index is 13.5. The molecule has 1 aromatic carbocycles. The number of piperidine rings is 1. The summed E-state index contributed by atoms with van der Waals surface area (Å²) < 4.78 is 12.0. The molecule has 1 saturated carbocycles. The molecule has 0 radical (unpaired) electrons. The predicted octanol–water partition coefficient (Wildman–Crippen LogP) is 4.51. The number of benzene rings is 1. The number of hydrogen-bond donors (Lipinski definition) is 2. The smallest absolute Gasteiger partial charge is 0.278 e. The Hall–Kier alpha value is -4.02. The molecule has 2 fully saturated rings. The molecule has 43 heavy (non-hydrogen) atoms. The first-order chi connectivity index (χ1) is 21.1. The lowest BCUT2D eigenvalue weighted by atomic mass is 9.82. The van der Waals surface area contributed by atoms with Crippen molar-refractivity contribution in [3.8, 4) is 5.82 Å². The minimum absolute atomic E-state index is 0.234. The third kappa shape index (κ3) is 4.82. The molecule has 10 nitrogen and oxygen atoms in total. The largest absolute Gasteiger partial charge is 0.386 e. The van der Waals surface area contributed by atoms with E-state index in [2.05, 4.69) is 59.8 Å². The summed E-state index contributed by atoms with van der Waals surface area (Å²) >= 11 is 0. The van der Waals surface area contributed by atoms with Crippen molar-refractivity contribution in [2.75, 3.05) is 37.4 Å². The van der Waals surface area contributed by atoms with E-state index in [9.17, 15) is 9.90 Å². The normalized spacial score (nSPS) is 21.7. The van der Waals surface area contributed by atoms with E-state index in [1.54, 1.807) is 10.8 Å². The SMILES string of the molecule is [2H][C@]1(O)c2nc(-n3c4nc(Nc5ccc(N6CCC(N(C)C)CC6)c(C)c5)ncc4c(=O)n3CC=C)ccc2CCC12CC2. The Morgan fingerprint density at radius 1 is 1.19 bits per heavy atom. The van der Waals surface area contributed by atoms with Crippen LogP contribution in [0.1, 0.15) is 56.4 Å². The first-order valence-corrected chi connectivity index (χ1v) is 15.2. The van der Waals surface area contributed by atoms with Crippen LogP contribution in [-0.2, 0) is 13.0 Å². The lowest BCUT2D eigenvalue weighted by molar-refractivity contribution is 0.0734. The molecule has 3 aromatic heterocycles. The molecule has 2 aliphatic carbocycles. The van der Waals surface area contributed by atoms with Gasteiger partial charge < -0.3 is 20.2 Å². The number of fused-ring (bicyclic) bond motifs is 2. The number of aliphatic hydroxyl groups is 1. The average Bonchev–Trinajstić information content (AvgIpc) is 3.76. The van der Waals surface area contributed by atoms with Crippen molar-refractivity contribution < 1.29 is 6.48 Å². The molecular formula is C33H40N8O2. The van der Waals surface area contributed by atoms with Gasteiger partial charge in [0.1, 0.15) is 11.5 Å². The van der Waals surface area contributed by atoms with Crippen LogP contribution in [0.15, 0.2) is 54.0 Å². The van der Waals surface area contributed by atoms with Gasteiger partial charge in [0.2, 0.25) is 5.95 Å². The number of pyridine rings is 1. The molecule has 1 spiro atoms. The molecule has 3 aliphatic rings. The summed E-state index contributed by atoms with van der Waals surface area (Å²) in [5, 5.41) is 15.0. The molecule has 224 valence electrons. The highest BCUT2D eigenvalue weighted by Gasteiger charge is 2.52. The van der Waals surface area contributed by atoms with Gasteiger partial charge >= 0.3 is 0 Å². The number of nitrogens with zero attached hydrogens (tertiary/aromatic N) is 7. The van der Waals surface area contributed by atoms with Crippen LogP contribution in [0.5, 0.6) is 0 Å². The molecule has 1 aliphatic heterocycles. The lowest BCUT2D eigenvalue weighted by Gasteiger charge is -2.37. The van der Waals surface area contributed by atoms with Crippen molar-refractivity contribution in [1.82, 2.24) is 29.2 Å². The van der Waals surface area contributed by atoms with Crippen LogP contribution in [0.3, 0.4) is 0 Å². The second-order valence-electron chi connectivity index (χ2n) is 12.5. The molecule has 1 atom stereocenters. The van der Waals surface area contributed by atoms with Gasteiger partial charge in [0, 0.05) is 42.1 Å². The first kappa shape index (κ1) is 26.6. The molecule has 0 unspecified atom stereocenters. The van der Waals surface area contributed by atoms with Crippen molar-refractivity contribution >= 4 is 28.4 Å². The number of nitrogens with one attached hydrogen (secondary N) is 1. The van der Waals surface area contributed by atoms with Crippen molar-refractivity contribution in [3.63, 3.8) is 0 Å². The molecule has 4 heterocycles. The van der Waals surface area contributed by atoms with E-state index < -0.39 is 11.5 Å². The van der Waals surface area contributed by atoms with E-state index in [0.717, 1.165) is 62.9 Å². The van der Waals surface area contributed by atoms with E-state index in [0.29, 0.717) is 34.5 Å². The number of hydrogen-bond acceptors (Lipinski definition) is 8. The van der Waals surface area contributed by atoms with E-state index >= 15 is 0 Å². The van der Waals surface area contributed by atoms with Crippen LogP contribution >= 0.6 is 0 Å². The molecule has 0 bridgehead atoms. The summed E-state index contributed by atoms with van der Waals surface area (Å²) in [7, 11) is 4.31. The maximum atomic E-state index is 13.5. The summed E-state index contributed by atoms with van der Waals surface area (Å²) in [6.07, 6.45) is 6.92. The standard InChI is InChI=1S/C33H40N8O2/c1-5-16-40-31(43)25-20-34-32(35-23-7-8-26(21(2)19-23)39-17-11-24(12-18-39)38(3)4)37-30(25)41(40)27-9-6-22-10-13-33(14-15-33)29(42)28(22)36-27/h5-9,19-20,24,29,42H,1,10-18H2,2-4H3,(H,34,35,37)/t29-/m0/s1/i29D. The second-order valence-corrected chi connectivity index (χ2v) is 12.5. The van der Waals surface area contributed by atoms with Gasteiger partial charge in [-0.1, -0.05) is 12.1 Å². The number of aromatic nitrogens is 5. The lowest BCUT2D eigenvalue weighted by Crippen LogP contribution is -2.42. The molecule has 0 amide bonds. The summed E-state index contributed by atoms with van der Waals surface area (Å²) in [4.78, 5) is 32.3. The molecular weight excluding hydrogens is 540 g/mol. The third-order valence-corrected chi connectivity index (χ3v) is 9.60. The fraction of sp³-hybridized carbons (Fsp3) is 0.455. The summed E-state index contributed by atoms with van der Waals surface area (Å²) in [5.74, 6) is 0.775. The van der Waals surface area contributed by atoms with Crippen LogP contribution in [0.4, 0.5) is 17.3 Å². The van der Waals surface area contributed by atoms with Crippen molar-refractivity contribution in [3.05, 3.63) is 76.4 Å². The predicted molar refractivity (Wildman–Crippen MR) is 169 cm³/mol. The van der Waals surface area contributed by atoms with Gasteiger partial charge in [-0.25, -0.2) is 19.3 Å². The van der Waals surface area contributed by atoms with Gasteiger partial charge in [0.15, 0.2) is 11.5 Å². The van der Waals surface area contributed by atoms with Gasteiger partial charge in [-0.2, -0.15) is 4.98 Å². The first-order valence-electron chi connectivity index (χ1n) is 15.7. The Labute approximate surface area is 253 Å². The van der Waals surface area contributed by atoms with E-state index in [4.69, 9.17) is 11.3 Å². The van der Waals surface area contributed by atoms with Gasteiger partial charge in [-0.3, -0.25) is 4.79 Å². The molecule has 2 N–H and O–H groups in total. The Balaban J connectivity index is 1.22. The van der Waals surface area contributed by atoms with Crippen molar-refractivity contribution in [1.29, 1.82) is 0 Å². The Morgan fingerprint density at radius 2 is 1.98 bits per heavy atom. The van der Waals surface area contributed by atoms with Crippen LogP contribution in [-0.4, -0.2) is 67.5 Å². The molecule has 4 aromatic rings. The topological polar surface area (TPSA) is 104 Å². The van der Waals surface area contributed by atoms with Crippen LogP contribution in [0, 0.1) is 12.3 Å². The highest BCUT2D eigenvalue weighted by molar-refractivity contribution is 5.77. The third-order valence-electron chi connectivity index (χ3n) is 9.60. The number of aryl methyl sites for hydroxylation is 2. The van der Waals surface area contributed by atoms with Gasteiger partial charge in [0.05, 0.1) is 13.6 Å². The Bertz CT molecular complexity index is 1810. The molecule has 7 rings (SSSR count). The zero-order valence-electron chi connectivity index (χ0n) is 26.2. The monoisotopic (exact) mass is 581 g/mol. The van der Waals surface area contributed by atoms with Crippen molar-refractivity contribution in [2.24, 2.45) is 5.41 Å². The minimum Gasteiger partial charge on any atom is -0.386 e. The minimum atomic E-state index is -1.77. The number of anilines is 3. The summed E-state index contributed by atoms with van der Waals surface area (Å²) in [6, 6.07) is 10.7. The second kappa shape index (κ2) is 10.6. The fourth-order valence-electron chi connectivity index (χ4n) is 6.83. The van der Waals surface area contributed by atoms with Crippen LogP contribution in [0.2, 0.25) is 0 Å². The van der Waals surface area contributed by atoms with Gasteiger partial charge in [-0.05, 0) is 94.9 Å². The van der Waals surface area contributed by atoms with E-state index in [1.807, 2.05) is 18.2 Å². The average molecular weight is 582 g/mol. The Kier molecular flexibility index (Phi) is 6.56. The van der Waals surface area contributed by atoms with E-state index in [-0.39, 0.29) is 12.1 Å². The van der Waals surface area contributed by atoms with Gasteiger partial charge in [0.25, 0.3) is 5.56 Å². The quantitative estimate of drug-likeness (QED) is 0.308. The van der Waals surface area contributed by atoms with E-state index in [1.165, 1.54) is 22.1 Å².